The van der Waals surface area contributed by atoms with Gasteiger partial charge in [-0.1, -0.05) is 6.07 Å². The highest BCUT2D eigenvalue weighted by Gasteiger charge is 2.49. The lowest BCUT2D eigenvalue weighted by Crippen LogP contribution is -2.59. The Kier molecular flexibility index (Phi) is 4.36. The topological polar surface area (TPSA) is 88.1 Å². The quantitative estimate of drug-likeness (QED) is 0.909. The Hall–Kier alpha value is -2.83. The van der Waals surface area contributed by atoms with Gasteiger partial charge in [-0.3, -0.25) is 19.6 Å². The van der Waals surface area contributed by atoms with E-state index in [0.29, 0.717) is 24.5 Å². The number of likely N-dealkylation sites (tertiary alicyclic amines) is 1. The molecule has 2 aromatic rings. The van der Waals surface area contributed by atoms with Gasteiger partial charge < -0.3 is 10.2 Å². The third-order valence-electron chi connectivity index (χ3n) is 5.70. The SMILES string of the molecule is O=C(N[C@H]1CCC12CCN(C(=O)c1ccccn1)CC2)c1cnccn1. The summed E-state index contributed by atoms with van der Waals surface area (Å²) in [4.78, 5) is 38.9. The lowest BCUT2D eigenvalue weighted by atomic mass is 9.59. The smallest absolute Gasteiger partial charge is 0.272 e. The van der Waals surface area contributed by atoms with Crippen LogP contribution in [0, 0.1) is 5.41 Å². The number of carbonyl (C=O) groups excluding carboxylic acids is 2. The Morgan fingerprint density at radius 3 is 2.46 bits per heavy atom. The predicted octanol–water partition coefficient (Wildman–Crippen LogP) is 1.69. The van der Waals surface area contributed by atoms with Gasteiger partial charge in [-0.05, 0) is 43.2 Å². The van der Waals surface area contributed by atoms with Crippen LogP contribution >= 0.6 is 0 Å². The van der Waals surface area contributed by atoms with Crippen molar-refractivity contribution in [3.63, 3.8) is 0 Å². The first kappa shape index (κ1) is 16.6. The van der Waals surface area contributed by atoms with Gasteiger partial charge in [-0.25, -0.2) is 4.98 Å². The van der Waals surface area contributed by atoms with Crippen LogP contribution in [-0.2, 0) is 0 Å². The predicted molar refractivity (Wildman–Crippen MR) is 94.3 cm³/mol. The molecule has 1 spiro atoms. The van der Waals surface area contributed by atoms with Gasteiger partial charge in [-0.2, -0.15) is 0 Å². The van der Waals surface area contributed by atoms with E-state index in [1.807, 2.05) is 11.0 Å². The summed E-state index contributed by atoms with van der Waals surface area (Å²) in [5.41, 5.74) is 0.931. The summed E-state index contributed by atoms with van der Waals surface area (Å²) in [5.74, 6) is -0.186. The minimum absolute atomic E-state index is 0.0140. The molecule has 26 heavy (non-hydrogen) atoms. The molecule has 7 heteroatoms. The normalized spacial score (nSPS) is 21.1. The molecule has 7 nitrogen and oxygen atoms in total. The van der Waals surface area contributed by atoms with Crippen LogP contribution in [0.25, 0.3) is 0 Å². The largest absolute Gasteiger partial charge is 0.347 e. The number of nitrogens with zero attached hydrogens (tertiary/aromatic N) is 4. The molecule has 2 fully saturated rings. The summed E-state index contributed by atoms with van der Waals surface area (Å²) in [6, 6.07) is 5.53. The number of nitrogens with one attached hydrogen (secondary N) is 1. The van der Waals surface area contributed by atoms with E-state index < -0.39 is 0 Å². The van der Waals surface area contributed by atoms with Crippen LogP contribution in [-0.4, -0.2) is 50.8 Å². The molecule has 4 rings (SSSR count). The van der Waals surface area contributed by atoms with Gasteiger partial charge in [0.05, 0.1) is 6.20 Å². The van der Waals surface area contributed by atoms with Crippen LogP contribution in [0.4, 0.5) is 0 Å². The molecule has 0 aromatic carbocycles. The molecule has 1 aliphatic carbocycles. The van der Waals surface area contributed by atoms with Crippen molar-refractivity contribution in [2.45, 2.75) is 31.7 Å². The van der Waals surface area contributed by atoms with E-state index in [2.05, 4.69) is 20.3 Å². The van der Waals surface area contributed by atoms with E-state index >= 15 is 0 Å². The molecule has 1 N–H and O–H groups in total. The maximum absolute atomic E-state index is 12.5. The first-order chi connectivity index (χ1) is 12.7. The minimum atomic E-state index is -0.172. The van der Waals surface area contributed by atoms with Crippen molar-refractivity contribution >= 4 is 11.8 Å². The van der Waals surface area contributed by atoms with Crippen LogP contribution in [0.3, 0.4) is 0 Å². The first-order valence-corrected chi connectivity index (χ1v) is 8.95. The van der Waals surface area contributed by atoms with E-state index in [9.17, 15) is 9.59 Å². The fourth-order valence-electron chi connectivity index (χ4n) is 3.98. The number of aromatic nitrogens is 3. The zero-order valence-electron chi connectivity index (χ0n) is 14.5. The molecular weight excluding hydrogens is 330 g/mol. The lowest BCUT2D eigenvalue weighted by molar-refractivity contribution is -0.00256. The molecule has 2 aliphatic rings. The van der Waals surface area contributed by atoms with E-state index in [1.54, 1.807) is 24.5 Å². The minimum Gasteiger partial charge on any atom is -0.347 e. The van der Waals surface area contributed by atoms with E-state index in [4.69, 9.17) is 0 Å². The molecule has 1 aliphatic heterocycles. The number of rotatable bonds is 3. The Balaban J connectivity index is 1.36. The summed E-state index contributed by atoms with van der Waals surface area (Å²) < 4.78 is 0. The summed E-state index contributed by atoms with van der Waals surface area (Å²) in [7, 11) is 0. The lowest BCUT2D eigenvalue weighted by Gasteiger charge is -2.54. The van der Waals surface area contributed by atoms with Crippen molar-refractivity contribution in [1.29, 1.82) is 0 Å². The molecule has 0 radical (unpaired) electrons. The van der Waals surface area contributed by atoms with Crippen molar-refractivity contribution in [1.82, 2.24) is 25.2 Å². The van der Waals surface area contributed by atoms with Crippen molar-refractivity contribution in [3.8, 4) is 0 Å². The third-order valence-corrected chi connectivity index (χ3v) is 5.70. The number of pyridine rings is 1. The second-order valence-electron chi connectivity index (χ2n) is 7.02. The molecule has 0 unspecified atom stereocenters. The molecule has 1 atom stereocenters. The van der Waals surface area contributed by atoms with Gasteiger partial charge in [-0.15, -0.1) is 0 Å². The number of hydrogen-bond acceptors (Lipinski definition) is 5. The molecule has 0 bridgehead atoms. The van der Waals surface area contributed by atoms with Crippen molar-refractivity contribution in [3.05, 3.63) is 54.4 Å². The van der Waals surface area contributed by atoms with Crippen molar-refractivity contribution < 1.29 is 9.59 Å². The zero-order valence-corrected chi connectivity index (χ0v) is 14.5. The molecule has 1 saturated carbocycles. The van der Waals surface area contributed by atoms with Gasteiger partial charge in [0.1, 0.15) is 11.4 Å². The zero-order chi connectivity index (χ0) is 18.0. The van der Waals surface area contributed by atoms with Crippen LogP contribution < -0.4 is 5.32 Å². The van der Waals surface area contributed by atoms with Crippen LogP contribution in [0.5, 0.6) is 0 Å². The second kappa shape index (κ2) is 6.82. The van der Waals surface area contributed by atoms with Crippen molar-refractivity contribution in [2.75, 3.05) is 13.1 Å². The number of carbonyl (C=O) groups is 2. The maximum Gasteiger partial charge on any atom is 0.272 e. The van der Waals surface area contributed by atoms with Crippen LogP contribution in [0.1, 0.15) is 46.7 Å². The summed E-state index contributed by atoms with van der Waals surface area (Å²) >= 11 is 0. The average Bonchev–Trinajstić information content (AvgIpc) is 2.72. The number of amides is 2. The monoisotopic (exact) mass is 351 g/mol. The number of hydrogen-bond donors (Lipinski definition) is 1. The molecular formula is C19H21N5O2. The molecule has 2 amide bonds. The summed E-state index contributed by atoms with van der Waals surface area (Å²) in [6.45, 7) is 1.40. The Labute approximate surface area is 151 Å². The van der Waals surface area contributed by atoms with Crippen LogP contribution in [0.2, 0.25) is 0 Å². The average molecular weight is 351 g/mol. The third kappa shape index (κ3) is 3.05. The highest BCUT2D eigenvalue weighted by atomic mass is 16.2. The highest BCUT2D eigenvalue weighted by Crippen LogP contribution is 2.49. The summed E-state index contributed by atoms with van der Waals surface area (Å²) in [6.07, 6.45) is 10.1. The van der Waals surface area contributed by atoms with Gasteiger partial charge in [0, 0.05) is 37.7 Å². The Morgan fingerprint density at radius 2 is 1.85 bits per heavy atom. The van der Waals surface area contributed by atoms with Gasteiger partial charge in [0.25, 0.3) is 11.8 Å². The molecule has 3 heterocycles. The summed E-state index contributed by atoms with van der Waals surface area (Å²) in [5, 5.41) is 3.11. The molecule has 1 saturated heterocycles. The standard InChI is InChI=1S/C19H21N5O2/c25-17(15-13-20-9-10-22-15)23-16-4-5-19(16)6-11-24(12-7-19)18(26)14-3-1-2-8-21-14/h1-3,8-10,13,16H,4-7,11-12H2,(H,23,25)/t16-/m0/s1. The number of piperidine rings is 1. The van der Waals surface area contributed by atoms with Gasteiger partial charge in [0.15, 0.2) is 0 Å². The van der Waals surface area contributed by atoms with Crippen molar-refractivity contribution in [2.24, 2.45) is 5.41 Å². The van der Waals surface area contributed by atoms with E-state index in [1.165, 1.54) is 12.4 Å². The fourth-order valence-corrected chi connectivity index (χ4v) is 3.98. The first-order valence-electron chi connectivity index (χ1n) is 8.95. The van der Waals surface area contributed by atoms with E-state index in [-0.39, 0.29) is 23.3 Å². The maximum atomic E-state index is 12.5. The Morgan fingerprint density at radius 1 is 1.04 bits per heavy atom. The second-order valence-corrected chi connectivity index (χ2v) is 7.02. The van der Waals surface area contributed by atoms with Gasteiger partial charge in [0.2, 0.25) is 0 Å². The highest BCUT2D eigenvalue weighted by molar-refractivity contribution is 5.93. The van der Waals surface area contributed by atoms with E-state index in [0.717, 1.165) is 25.7 Å². The molecule has 134 valence electrons. The Bertz CT molecular complexity index is 788. The van der Waals surface area contributed by atoms with Gasteiger partial charge >= 0.3 is 0 Å². The molecule has 2 aromatic heterocycles. The van der Waals surface area contributed by atoms with Crippen LogP contribution in [0.15, 0.2) is 43.0 Å². The fraction of sp³-hybridized carbons (Fsp3) is 0.421.